The van der Waals surface area contributed by atoms with Crippen LogP contribution in [0.25, 0.3) is 16.8 Å². The van der Waals surface area contributed by atoms with E-state index in [-0.39, 0.29) is 0 Å². The lowest BCUT2D eigenvalue weighted by Gasteiger charge is -2.00. The molecule has 0 heterocycles. The van der Waals surface area contributed by atoms with Gasteiger partial charge in [-0.05, 0) is 45.5 Å². The van der Waals surface area contributed by atoms with Gasteiger partial charge in [0, 0.05) is 0 Å². The molecule has 23 heavy (non-hydrogen) atoms. The fourth-order valence-electron chi connectivity index (χ4n) is 3.00. The van der Waals surface area contributed by atoms with Crippen LogP contribution in [-0.2, 0) is 0 Å². The predicted molar refractivity (Wildman–Crippen MR) is 100 cm³/mol. The summed E-state index contributed by atoms with van der Waals surface area (Å²) in [6.07, 6.45) is 20.7. The molecule has 0 radical (unpaired) electrons. The maximum atomic E-state index is 2.27. The average molecular weight is 294 g/mol. The van der Waals surface area contributed by atoms with Gasteiger partial charge in [-0.15, -0.1) is 0 Å². The smallest absolute Gasteiger partial charge is 0.00256 e. The van der Waals surface area contributed by atoms with E-state index in [0.29, 0.717) is 0 Å². The van der Waals surface area contributed by atoms with Gasteiger partial charge in [0.25, 0.3) is 0 Å². The van der Waals surface area contributed by atoms with Crippen LogP contribution < -0.4 is 0 Å². The number of hydrogen-bond donors (Lipinski definition) is 0. The number of allylic oxidation sites excluding steroid dienone is 11. The normalized spacial score (nSPS) is 16.8. The van der Waals surface area contributed by atoms with Gasteiger partial charge in [0.05, 0.1) is 0 Å². The molecule has 0 saturated heterocycles. The van der Waals surface area contributed by atoms with Crippen LogP contribution in [0.3, 0.4) is 0 Å². The zero-order valence-corrected chi connectivity index (χ0v) is 12.9. The van der Waals surface area contributed by atoms with Crippen molar-refractivity contribution in [1.82, 2.24) is 0 Å². The molecule has 0 aromatic heterocycles. The van der Waals surface area contributed by atoms with E-state index in [9.17, 15) is 0 Å². The van der Waals surface area contributed by atoms with Crippen molar-refractivity contribution in [3.05, 3.63) is 113 Å². The molecule has 2 aromatic rings. The molecule has 0 spiro atoms. The van der Waals surface area contributed by atoms with Crippen molar-refractivity contribution in [3.8, 4) is 0 Å². The molecule has 0 saturated carbocycles. The highest BCUT2D eigenvalue weighted by Crippen LogP contribution is 2.24. The number of hydrogen-bond acceptors (Lipinski definition) is 0. The molecule has 0 heteroatoms. The van der Waals surface area contributed by atoms with Crippen LogP contribution in [0.1, 0.15) is 12.0 Å². The number of fused-ring (bicyclic) bond motifs is 3. The Balaban J connectivity index is 1.64. The van der Waals surface area contributed by atoms with Crippen molar-refractivity contribution < 1.29 is 0 Å². The molecule has 2 aliphatic rings. The van der Waals surface area contributed by atoms with Gasteiger partial charge < -0.3 is 0 Å². The largest absolute Gasteiger partial charge is 0.0620 e. The molecule has 2 bridgehead atoms. The second-order valence-electron chi connectivity index (χ2n) is 5.96. The summed E-state index contributed by atoms with van der Waals surface area (Å²) in [5.41, 5.74) is 5.18. The van der Waals surface area contributed by atoms with E-state index in [1.807, 2.05) is 0 Å². The monoisotopic (exact) mass is 294 g/mol. The zero-order chi connectivity index (χ0) is 15.5. The molecule has 0 aliphatic heterocycles. The lowest BCUT2D eigenvalue weighted by atomic mass is 10.1. The van der Waals surface area contributed by atoms with Gasteiger partial charge in [0.2, 0.25) is 0 Å². The first-order chi connectivity index (χ1) is 11.4. The van der Waals surface area contributed by atoms with E-state index in [4.69, 9.17) is 0 Å². The Bertz CT molecular complexity index is 927. The molecule has 2 aliphatic carbocycles. The minimum Gasteiger partial charge on any atom is -0.0620 e. The summed E-state index contributed by atoms with van der Waals surface area (Å²) >= 11 is 0. The molecule has 0 fully saturated rings. The standard InChI is InChI=1S/C23H18/c1-2-6-21-15-18(5-1)9-10-19(16-21)11-12-20-13-14-22-7-3-4-8-23(22)17-20/h1-14,16-17H,15H2/b12-11+. The SMILES string of the molecule is C1=CC=C2C=C(/C=C/c3ccc4ccccc4c3)C=CC(=C1)C2. The van der Waals surface area contributed by atoms with E-state index >= 15 is 0 Å². The highest BCUT2D eigenvalue weighted by atomic mass is 14.1. The van der Waals surface area contributed by atoms with Crippen LogP contribution in [0.15, 0.2) is 108 Å². The second kappa shape index (κ2) is 6.10. The van der Waals surface area contributed by atoms with Gasteiger partial charge in [-0.2, -0.15) is 0 Å². The van der Waals surface area contributed by atoms with E-state index in [1.165, 1.54) is 33.1 Å². The van der Waals surface area contributed by atoms with Crippen LogP contribution in [0, 0.1) is 0 Å². The van der Waals surface area contributed by atoms with Crippen LogP contribution >= 0.6 is 0 Å². The van der Waals surface area contributed by atoms with Crippen molar-refractivity contribution in [2.24, 2.45) is 0 Å². The van der Waals surface area contributed by atoms with E-state index in [0.717, 1.165) is 6.42 Å². The molecular weight excluding hydrogens is 276 g/mol. The predicted octanol–water partition coefficient (Wildman–Crippen LogP) is 6.16. The summed E-state index contributed by atoms with van der Waals surface area (Å²) < 4.78 is 0. The Labute approximate surface area is 137 Å². The Morgan fingerprint density at radius 3 is 2.48 bits per heavy atom. The molecule has 4 rings (SSSR count). The Kier molecular flexibility index (Phi) is 3.65. The molecular formula is C23H18. The Morgan fingerprint density at radius 1 is 0.739 bits per heavy atom. The highest BCUT2D eigenvalue weighted by Gasteiger charge is 2.04. The van der Waals surface area contributed by atoms with E-state index in [2.05, 4.69) is 97.1 Å². The maximum absolute atomic E-state index is 2.27. The lowest BCUT2D eigenvalue weighted by molar-refractivity contribution is 1.22. The van der Waals surface area contributed by atoms with Gasteiger partial charge in [-0.1, -0.05) is 91.1 Å². The maximum Gasteiger partial charge on any atom is -0.00256 e. The first-order valence-corrected chi connectivity index (χ1v) is 8.00. The summed E-state index contributed by atoms with van der Waals surface area (Å²) in [7, 11) is 0. The average Bonchev–Trinajstić information content (AvgIpc) is 2.94. The van der Waals surface area contributed by atoms with E-state index in [1.54, 1.807) is 0 Å². The number of rotatable bonds is 2. The molecule has 0 N–H and O–H groups in total. The van der Waals surface area contributed by atoms with Gasteiger partial charge in [0.1, 0.15) is 0 Å². The summed E-state index contributed by atoms with van der Waals surface area (Å²) in [6.45, 7) is 0. The minimum atomic E-state index is 1.01. The highest BCUT2D eigenvalue weighted by molar-refractivity contribution is 5.84. The summed E-state index contributed by atoms with van der Waals surface area (Å²) in [5.74, 6) is 0. The summed E-state index contributed by atoms with van der Waals surface area (Å²) in [4.78, 5) is 0. The van der Waals surface area contributed by atoms with Gasteiger partial charge in [-0.3, -0.25) is 0 Å². The second-order valence-corrected chi connectivity index (χ2v) is 5.96. The van der Waals surface area contributed by atoms with Crippen LogP contribution in [0.2, 0.25) is 0 Å². The van der Waals surface area contributed by atoms with E-state index < -0.39 is 0 Å². The fourth-order valence-corrected chi connectivity index (χ4v) is 3.00. The first kappa shape index (κ1) is 13.8. The van der Waals surface area contributed by atoms with Crippen molar-refractivity contribution in [1.29, 1.82) is 0 Å². The van der Waals surface area contributed by atoms with Crippen molar-refractivity contribution >= 4 is 16.8 Å². The van der Waals surface area contributed by atoms with Crippen LogP contribution in [0.5, 0.6) is 0 Å². The Morgan fingerprint density at radius 2 is 1.57 bits per heavy atom. The van der Waals surface area contributed by atoms with Crippen molar-refractivity contribution in [2.75, 3.05) is 0 Å². The third kappa shape index (κ3) is 3.17. The van der Waals surface area contributed by atoms with Gasteiger partial charge in [0.15, 0.2) is 0 Å². The molecule has 0 unspecified atom stereocenters. The minimum absolute atomic E-state index is 1.01. The zero-order valence-electron chi connectivity index (χ0n) is 12.9. The summed E-state index contributed by atoms with van der Waals surface area (Å²) in [6, 6.07) is 15.1. The third-order valence-corrected chi connectivity index (χ3v) is 4.22. The van der Waals surface area contributed by atoms with Crippen molar-refractivity contribution in [2.45, 2.75) is 6.42 Å². The Hall–Kier alpha value is -2.86. The van der Waals surface area contributed by atoms with Gasteiger partial charge >= 0.3 is 0 Å². The quantitative estimate of drug-likeness (QED) is 0.622. The van der Waals surface area contributed by atoms with Crippen LogP contribution in [-0.4, -0.2) is 0 Å². The van der Waals surface area contributed by atoms with Crippen molar-refractivity contribution in [3.63, 3.8) is 0 Å². The topological polar surface area (TPSA) is 0 Å². The third-order valence-electron chi connectivity index (χ3n) is 4.22. The van der Waals surface area contributed by atoms with Crippen LogP contribution in [0.4, 0.5) is 0 Å². The van der Waals surface area contributed by atoms with Gasteiger partial charge in [-0.25, -0.2) is 0 Å². The molecule has 0 nitrogen and oxygen atoms in total. The molecule has 110 valence electrons. The number of benzene rings is 2. The fraction of sp³-hybridized carbons (Fsp3) is 0.0435. The molecule has 2 aromatic carbocycles. The molecule has 0 amide bonds. The first-order valence-electron chi connectivity index (χ1n) is 8.00. The lowest BCUT2D eigenvalue weighted by Crippen LogP contribution is -1.79. The molecule has 0 atom stereocenters. The summed E-state index contributed by atoms with van der Waals surface area (Å²) in [5, 5.41) is 2.57.